The van der Waals surface area contributed by atoms with Crippen LogP contribution in [-0.4, -0.2) is 36.9 Å². The molecular weight excluding hydrogens is 286 g/mol. The Bertz CT molecular complexity index is 696. The van der Waals surface area contributed by atoms with Crippen LogP contribution in [0.4, 0.5) is 5.69 Å². The first kappa shape index (κ1) is 14.4. The highest BCUT2D eigenvalue weighted by molar-refractivity contribution is 6.04. The Kier molecular flexibility index (Phi) is 3.97. The maximum absolute atomic E-state index is 12.4. The third-order valence-electron chi connectivity index (χ3n) is 3.55. The maximum Gasteiger partial charge on any atom is 0.276 e. The fraction of sp³-hybridized carbons (Fsp3) is 0.333. The first-order valence-electron chi connectivity index (χ1n) is 6.90. The van der Waals surface area contributed by atoms with Crippen LogP contribution in [-0.2, 0) is 17.8 Å². The lowest BCUT2D eigenvalue weighted by Crippen LogP contribution is -2.17. The number of amides is 1. The third kappa shape index (κ3) is 2.62. The summed E-state index contributed by atoms with van der Waals surface area (Å²) in [5, 5.41) is 9.80. The number of fused-ring (bicyclic) bond motifs is 1. The molecule has 7 heteroatoms. The lowest BCUT2D eigenvalue weighted by molar-refractivity contribution is 0.0985. The number of aromatic amines is 1. The Hall–Kier alpha value is -2.54. The molecular formula is C15H17N3O4. The zero-order chi connectivity index (χ0) is 15.5. The van der Waals surface area contributed by atoms with Crippen molar-refractivity contribution < 1.29 is 19.0 Å². The van der Waals surface area contributed by atoms with E-state index in [1.165, 1.54) is 0 Å². The van der Waals surface area contributed by atoms with Crippen LogP contribution in [0.3, 0.4) is 0 Å². The zero-order valence-corrected chi connectivity index (χ0v) is 12.4. The van der Waals surface area contributed by atoms with Crippen molar-refractivity contribution in [2.24, 2.45) is 0 Å². The van der Waals surface area contributed by atoms with E-state index in [9.17, 15) is 4.79 Å². The van der Waals surface area contributed by atoms with Crippen molar-refractivity contribution in [1.82, 2.24) is 10.2 Å². The molecule has 3 rings (SSSR count). The Labute approximate surface area is 127 Å². The number of carbonyl (C=O) groups excluding carboxylic acids is 1. The molecule has 0 spiro atoms. The van der Waals surface area contributed by atoms with Gasteiger partial charge in [0, 0.05) is 29.4 Å². The molecule has 116 valence electrons. The molecule has 0 aliphatic carbocycles. The summed E-state index contributed by atoms with van der Waals surface area (Å²) in [6.45, 7) is 1.05. The molecule has 2 aromatic rings. The molecule has 0 unspecified atom stereocenters. The van der Waals surface area contributed by atoms with Gasteiger partial charge in [-0.25, -0.2) is 0 Å². The molecule has 1 aliphatic heterocycles. The number of anilines is 1. The molecule has 0 bridgehead atoms. The van der Waals surface area contributed by atoms with Gasteiger partial charge in [-0.3, -0.25) is 9.89 Å². The smallest absolute Gasteiger partial charge is 0.276 e. The third-order valence-corrected chi connectivity index (χ3v) is 3.55. The quantitative estimate of drug-likeness (QED) is 0.899. The minimum atomic E-state index is -0.282. The summed E-state index contributed by atoms with van der Waals surface area (Å²) in [7, 11) is 3.11. The number of methoxy groups -OCH3 is 2. The highest BCUT2D eigenvalue weighted by Gasteiger charge is 2.22. The molecule has 0 atom stereocenters. The molecule has 1 aliphatic rings. The van der Waals surface area contributed by atoms with E-state index >= 15 is 0 Å². The van der Waals surface area contributed by atoms with Crippen LogP contribution in [0.25, 0.3) is 0 Å². The molecule has 7 nitrogen and oxygen atoms in total. The molecule has 2 heterocycles. The number of nitrogens with zero attached hydrogens (tertiary/aromatic N) is 1. The summed E-state index contributed by atoms with van der Waals surface area (Å²) in [5.41, 5.74) is 2.76. The monoisotopic (exact) mass is 303 g/mol. The maximum atomic E-state index is 12.4. The van der Waals surface area contributed by atoms with E-state index in [-0.39, 0.29) is 5.91 Å². The summed E-state index contributed by atoms with van der Waals surface area (Å²) in [6.07, 6.45) is 0.742. The van der Waals surface area contributed by atoms with Gasteiger partial charge in [-0.05, 0) is 12.1 Å². The predicted molar refractivity (Wildman–Crippen MR) is 79.4 cm³/mol. The molecule has 1 amide bonds. The number of H-pyrrole nitrogens is 1. The van der Waals surface area contributed by atoms with E-state index in [0.29, 0.717) is 36.1 Å². The van der Waals surface area contributed by atoms with Gasteiger partial charge >= 0.3 is 0 Å². The molecule has 0 radical (unpaired) electrons. The molecule has 0 saturated carbocycles. The Morgan fingerprint density at radius 1 is 1.32 bits per heavy atom. The number of carbonyl (C=O) groups is 1. The number of aromatic nitrogens is 2. The van der Waals surface area contributed by atoms with Crippen molar-refractivity contribution in [3.05, 3.63) is 35.2 Å². The summed E-state index contributed by atoms with van der Waals surface area (Å²) >= 11 is 0. The normalized spacial score (nSPS) is 13.4. The van der Waals surface area contributed by atoms with Crippen molar-refractivity contribution in [2.45, 2.75) is 13.0 Å². The average Bonchev–Trinajstić information content (AvgIpc) is 2.98. The molecule has 0 fully saturated rings. The summed E-state index contributed by atoms with van der Waals surface area (Å²) < 4.78 is 15.8. The SMILES string of the molecule is COc1ccc(NC(=O)c2n[nH]c3c2COCC3)cc1OC. The van der Waals surface area contributed by atoms with Crippen LogP contribution in [0.5, 0.6) is 11.5 Å². The fourth-order valence-corrected chi connectivity index (χ4v) is 2.40. The van der Waals surface area contributed by atoms with Crippen LogP contribution in [0.15, 0.2) is 18.2 Å². The molecule has 22 heavy (non-hydrogen) atoms. The van der Waals surface area contributed by atoms with Crippen molar-refractivity contribution in [1.29, 1.82) is 0 Å². The minimum absolute atomic E-state index is 0.282. The average molecular weight is 303 g/mol. The molecule has 1 aromatic heterocycles. The lowest BCUT2D eigenvalue weighted by Gasteiger charge is -2.13. The Balaban J connectivity index is 1.81. The first-order chi connectivity index (χ1) is 10.7. The second-order valence-corrected chi connectivity index (χ2v) is 4.86. The van der Waals surface area contributed by atoms with Crippen LogP contribution >= 0.6 is 0 Å². The highest BCUT2D eigenvalue weighted by atomic mass is 16.5. The van der Waals surface area contributed by atoms with Crippen LogP contribution < -0.4 is 14.8 Å². The standard InChI is InChI=1S/C15H17N3O4/c1-20-12-4-3-9(7-13(12)21-2)16-15(19)14-10-8-22-6-5-11(10)17-18-14/h3-4,7H,5-6,8H2,1-2H3,(H,16,19)(H,17,18). The highest BCUT2D eigenvalue weighted by Crippen LogP contribution is 2.30. The van der Waals surface area contributed by atoms with Gasteiger partial charge in [0.1, 0.15) is 0 Å². The number of hydrogen-bond donors (Lipinski definition) is 2. The summed E-state index contributed by atoms with van der Waals surface area (Å²) in [6, 6.07) is 5.18. The fourth-order valence-electron chi connectivity index (χ4n) is 2.40. The number of hydrogen-bond acceptors (Lipinski definition) is 5. The van der Waals surface area contributed by atoms with Crippen molar-refractivity contribution in [3.8, 4) is 11.5 Å². The van der Waals surface area contributed by atoms with E-state index in [2.05, 4.69) is 15.5 Å². The van der Waals surface area contributed by atoms with Crippen molar-refractivity contribution in [3.63, 3.8) is 0 Å². The first-order valence-corrected chi connectivity index (χ1v) is 6.90. The van der Waals surface area contributed by atoms with Gasteiger partial charge in [-0.2, -0.15) is 5.10 Å². The number of benzene rings is 1. The van der Waals surface area contributed by atoms with Gasteiger partial charge in [0.2, 0.25) is 0 Å². The molecule has 0 saturated heterocycles. The second-order valence-electron chi connectivity index (χ2n) is 4.86. The molecule has 1 aromatic carbocycles. The van der Waals surface area contributed by atoms with Gasteiger partial charge in [-0.15, -0.1) is 0 Å². The molecule has 2 N–H and O–H groups in total. The van der Waals surface area contributed by atoms with E-state index in [4.69, 9.17) is 14.2 Å². The van der Waals surface area contributed by atoms with Gasteiger partial charge in [0.25, 0.3) is 5.91 Å². The zero-order valence-electron chi connectivity index (χ0n) is 12.4. The van der Waals surface area contributed by atoms with Gasteiger partial charge in [0.15, 0.2) is 17.2 Å². The van der Waals surface area contributed by atoms with E-state index < -0.39 is 0 Å². The minimum Gasteiger partial charge on any atom is -0.493 e. The number of nitrogens with one attached hydrogen (secondary N) is 2. The number of rotatable bonds is 4. The summed E-state index contributed by atoms with van der Waals surface area (Å²) in [4.78, 5) is 12.4. The topological polar surface area (TPSA) is 85.5 Å². The lowest BCUT2D eigenvalue weighted by atomic mass is 10.1. The van der Waals surface area contributed by atoms with Crippen molar-refractivity contribution in [2.75, 3.05) is 26.1 Å². The summed E-state index contributed by atoms with van der Waals surface area (Å²) in [5.74, 6) is 0.869. The number of ether oxygens (including phenoxy) is 3. The predicted octanol–water partition coefficient (Wildman–Crippen LogP) is 1.75. The van der Waals surface area contributed by atoms with Gasteiger partial charge < -0.3 is 19.5 Å². The largest absolute Gasteiger partial charge is 0.493 e. The Morgan fingerprint density at radius 3 is 2.91 bits per heavy atom. The van der Waals surface area contributed by atoms with Gasteiger partial charge in [-0.1, -0.05) is 0 Å². The van der Waals surface area contributed by atoms with Crippen molar-refractivity contribution >= 4 is 11.6 Å². The van der Waals surface area contributed by atoms with E-state index in [1.807, 2.05) is 0 Å². The van der Waals surface area contributed by atoms with Crippen LogP contribution in [0.2, 0.25) is 0 Å². The Morgan fingerprint density at radius 2 is 2.14 bits per heavy atom. The van der Waals surface area contributed by atoms with Gasteiger partial charge in [0.05, 0.1) is 27.4 Å². The van der Waals surface area contributed by atoms with E-state index in [0.717, 1.165) is 17.7 Å². The van der Waals surface area contributed by atoms with Crippen LogP contribution in [0, 0.1) is 0 Å². The van der Waals surface area contributed by atoms with Crippen LogP contribution in [0.1, 0.15) is 21.7 Å². The van der Waals surface area contributed by atoms with E-state index in [1.54, 1.807) is 32.4 Å². The second kappa shape index (κ2) is 6.07.